The summed E-state index contributed by atoms with van der Waals surface area (Å²) in [6.07, 6.45) is 0.695. The van der Waals surface area contributed by atoms with Crippen molar-refractivity contribution in [1.29, 1.82) is 0 Å². The van der Waals surface area contributed by atoms with E-state index in [1.54, 1.807) is 17.9 Å². The van der Waals surface area contributed by atoms with Gasteiger partial charge in [0.2, 0.25) is 0 Å². The summed E-state index contributed by atoms with van der Waals surface area (Å²) in [5.74, 6) is -0.428. The maximum Gasteiger partial charge on any atom is 0.409 e. The van der Waals surface area contributed by atoms with Crippen molar-refractivity contribution in [2.75, 3.05) is 63.9 Å². The van der Waals surface area contributed by atoms with Crippen LogP contribution < -0.4 is 10.2 Å². The fourth-order valence-corrected chi connectivity index (χ4v) is 3.85. The number of ether oxygens (including phenoxy) is 1. The first-order valence-electron chi connectivity index (χ1n) is 10.7. The fraction of sp³-hybridized carbons (Fsp3) is 0.619. The summed E-state index contributed by atoms with van der Waals surface area (Å²) in [6.45, 7) is 9.85. The molecule has 1 atom stereocenters. The van der Waals surface area contributed by atoms with E-state index in [1.165, 1.54) is 12.1 Å². The first-order valence-corrected chi connectivity index (χ1v) is 10.7. The van der Waals surface area contributed by atoms with Gasteiger partial charge in [-0.1, -0.05) is 0 Å². The molecule has 166 valence electrons. The third-order valence-corrected chi connectivity index (χ3v) is 5.49. The van der Waals surface area contributed by atoms with Gasteiger partial charge in [0.05, 0.1) is 6.61 Å². The number of piperazine rings is 1. The molecule has 2 fully saturated rings. The second kappa shape index (κ2) is 10.4. The highest BCUT2D eigenvalue weighted by molar-refractivity contribution is 5.80. The lowest BCUT2D eigenvalue weighted by Crippen LogP contribution is -2.54. The molecule has 0 aliphatic carbocycles. The van der Waals surface area contributed by atoms with E-state index < -0.39 is 11.6 Å². The van der Waals surface area contributed by atoms with Gasteiger partial charge in [0.1, 0.15) is 0 Å². The molecule has 1 aromatic carbocycles. The van der Waals surface area contributed by atoms with E-state index in [0.29, 0.717) is 50.9 Å². The van der Waals surface area contributed by atoms with Crippen molar-refractivity contribution in [2.24, 2.45) is 10.9 Å². The molecule has 1 aromatic rings. The molecule has 0 spiro atoms. The monoisotopic (exact) mass is 423 g/mol. The van der Waals surface area contributed by atoms with Gasteiger partial charge >= 0.3 is 6.09 Å². The number of rotatable bonds is 5. The molecule has 0 saturated carbocycles. The van der Waals surface area contributed by atoms with Crippen LogP contribution in [0, 0.1) is 17.6 Å². The normalized spacial score (nSPS) is 19.9. The van der Waals surface area contributed by atoms with Gasteiger partial charge in [0, 0.05) is 64.1 Å². The van der Waals surface area contributed by atoms with Crippen molar-refractivity contribution in [2.45, 2.75) is 20.3 Å². The lowest BCUT2D eigenvalue weighted by atomic mass is 10.1. The van der Waals surface area contributed by atoms with Crippen LogP contribution in [-0.4, -0.2) is 80.8 Å². The zero-order valence-electron chi connectivity index (χ0n) is 17.7. The summed E-state index contributed by atoms with van der Waals surface area (Å²) in [6, 6.07) is 4.06. The van der Waals surface area contributed by atoms with Crippen LogP contribution >= 0.6 is 0 Å². The second-order valence-corrected chi connectivity index (χ2v) is 7.57. The number of hydrogen-bond acceptors (Lipinski definition) is 4. The maximum atomic E-state index is 13.5. The van der Waals surface area contributed by atoms with Crippen LogP contribution in [0.1, 0.15) is 20.3 Å². The summed E-state index contributed by atoms with van der Waals surface area (Å²) in [5, 5.41) is 3.34. The van der Waals surface area contributed by atoms with Crippen LogP contribution in [0.3, 0.4) is 0 Å². The molecule has 0 radical (unpaired) electrons. The Kier molecular flexibility index (Phi) is 7.70. The van der Waals surface area contributed by atoms with Crippen LogP contribution in [0.25, 0.3) is 0 Å². The molecular formula is C21H31F2N5O2. The smallest absolute Gasteiger partial charge is 0.409 e. The Hall–Kier alpha value is -2.58. The molecule has 1 N–H and O–H groups in total. The molecule has 2 aliphatic rings. The molecule has 7 nitrogen and oxygen atoms in total. The first-order chi connectivity index (χ1) is 14.5. The number of halogens is 2. The molecule has 9 heteroatoms. The highest BCUT2D eigenvalue weighted by atomic mass is 19.2. The second-order valence-electron chi connectivity index (χ2n) is 7.57. The number of carbonyl (C=O) groups excluding carboxylic acids is 1. The molecule has 0 aromatic heterocycles. The minimum atomic E-state index is -0.822. The Morgan fingerprint density at radius 3 is 2.53 bits per heavy atom. The Bertz CT molecular complexity index is 753. The van der Waals surface area contributed by atoms with E-state index in [2.05, 4.69) is 15.1 Å². The summed E-state index contributed by atoms with van der Waals surface area (Å²) in [5.41, 5.74) is 0.711. The van der Waals surface area contributed by atoms with Gasteiger partial charge in [-0.05, 0) is 38.3 Å². The lowest BCUT2D eigenvalue weighted by Gasteiger charge is -2.36. The van der Waals surface area contributed by atoms with Crippen LogP contribution in [0.2, 0.25) is 0 Å². The topological polar surface area (TPSA) is 60.4 Å². The summed E-state index contributed by atoms with van der Waals surface area (Å²) in [4.78, 5) is 22.7. The quantitative estimate of drug-likeness (QED) is 0.583. The number of hydrogen-bond donors (Lipinski definition) is 1. The van der Waals surface area contributed by atoms with Crippen LogP contribution in [0.4, 0.5) is 19.3 Å². The number of anilines is 1. The van der Waals surface area contributed by atoms with E-state index in [4.69, 9.17) is 9.73 Å². The minimum Gasteiger partial charge on any atom is -0.450 e. The predicted octanol–water partition coefficient (Wildman–Crippen LogP) is 2.53. The Morgan fingerprint density at radius 1 is 1.13 bits per heavy atom. The van der Waals surface area contributed by atoms with Gasteiger partial charge in [0.15, 0.2) is 17.6 Å². The summed E-state index contributed by atoms with van der Waals surface area (Å²) >= 11 is 0. The van der Waals surface area contributed by atoms with Crippen molar-refractivity contribution in [3.8, 4) is 0 Å². The average Bonchev–Trinajstić information content (AvgIpc) is 3.22. The van der Waals surface area contributed by atoms with Crippen molar-refractivity contribution < 1.29 is 18.3 Å². The number of nitrogens with one attached hydrogen (secondary N) is 1. The molecule has 30 heavy (non-hydrogen) atoms. The number of guanidine groups is 1. The Labute approximate surface area is 176 Å². The summed E-state index contributed by atoms with van der Waals surface area (Å²) < 4.78 is 31.8. The van der Waals surface area contributed by atoms with Gasteiger partial charge in [-0.25, -0.2) is 13.6 Å². The number of benzene rings is 1. The van der Waals surface area contributed by atoms with Gasteiger partial charge < -0.3 is 24.8 Å². The van der Waals surface area contributed by atoms with Crippen molar-refractivity contribution in [3.05, 3.63) is 29.8 Å². The third-order valence-electron chi connectivity index (χ3n) is 5.49. The zero-order chi connectivity index (χ0) is 21.5. The number of amides is 1. The first kappa shape index (κ1) is 22.1. The Balaban J connectivity index is 1.54. The molecule has 0 bridgehead atoms. The predicted molar refractivity (Wildman–Crippen MR) is 113 cm³/mol. The Morgan fingerprint density at radius 2 is 1.87 bits per heavy atom. The number of nitrogens with zero attached hydrogens (tertiary/aromatic N) is 4. The molecule has 3 rings (SSSR count). The van der Waals surface area contributed by atoms with Crippen molar-refractivity contribution in [3.63, 3.8) is 0 Å². The third kappa shape index (κ3) is 5.52. The standard InChI is InChI=1S/C21H31F2N5O2/c1-3-24-20(26-9-11-27(12-10-26)21(29)30-4-2)25-14-16-7-8-28(15-16)17-5-6-18(22)19(23)13-17/h5-6,13,16H,3-4,7-12,14-15H2,1-2H3,(H,24,25). The van der Waals surface area contributed by atoms with Crippen molar-refractivity contribution >= 4 is 17.7 Å². The molecule has 2 heterocycles. The lowest BCUT2D eigenvalue weighted by molar-refractivity contribution is 0.0914. The highest BCUT2D eigenvalue weighted by Crippen LogP contribution is 2.25. The maximum absolute atomic E-state index is 13.5. The van der Waals surface area contributed by atoms with Gasteiger partial charge in [-0.2, -0.15) is 0 Å². The minimum absolute atomic E-state index is 0.262. The van der Waals surface area contributed by atoms with Gasteiger partial charge in [0.25, 0.3) is 0 Å². The van der Waals surface area contributed by atoms with Crippen LogP contribution in [0.5, 0.6) is 0 Å². The molecular weight excluding hydrogens is 392 g/mol. The SMILES string of the molecule is CCNC(=NCC1CCN(c2ccc(F)c(F)c2)C1)N1CCN(C(=O)OCC)CC1. The number of aliphatic imine (C=N–C) groups is 1. The zero-order valence-corrected chi connectivity index (χ0v) is 17.7. The average molecular weight is 424 g/mol. The highest BCUT2D eigenvalue weighted by Gasteiger charge is 2.26. The van der Waals surface area contributed by atoms with Crippen LogP contribution in [-0.2, 0) is 4.74 Å². The van der Waals surface area contributed by atoms with Gasteiger partial charge in [-0.3, -0.25) is 4.99 Å². The van der Waals surface area contributed by atoms with E-state index in [0.717, 1.165) is 32.0 Å². The largest absolute Gasteiger partial charge is 0.450 e. The van der Waals surface area contributed by atoms with E-state index in [1.807, 2.05) is 6.92 Å². The van der Waals surface area contributed by atoms with Crippen LogP contribution in [0.15, 0.2) is 23.2 Å². The van der Waals surface area contributed by atoms with E-state index in [9.17, 15) is 13.6 Å². The van der Waals surface area contributed by atoms with E-state index in [-0.39, 0.29) is 6.09 Å². The fourth-order valence-electron chi connectivity index (χ4n) is 3.85. The van der Waals surface area contributed by atoms with Crippen molar-refractivity contribution in [1.82, 2.24) is 15.1 Å². The van der Waals surface area contributed by atoms with E-state index >= 15 is 0 Å². The molecule has 1 unspecified atom stereocenters. The number of carbonyl (C=O) groups is 1. The summed E-state index contributed by atoms with van der Waals surface area (Å²) in [7, 11) is 0. The molecule has 2 aliphatic heterocycles. The molecule has 2 saturated heterocycles. The molecule has 1 amide bonds. The van der Waals surface area contributed by atoms with Gasteiger partial charge in [-0.15, -0.1) is 0 Å².